The summed E-state index contributed by atoms with van der Waals surface area (Å²) in [5.74, 6) is -0.108. The van der Waals surface area contributed by atoms with E-state index >= 15 is 0 Å². The summed E-state index contributed by atoms with van der Waals surface area (Å²) < 4.78 is 4.98. The second kappa shape index (κ2) is 6.41. The molecule has 1 aliphatic carbocycles. The Balaban J connectivity index is 1.92. The first-order chi connectivity index (χ1) is 9.52. The molecule has 5 nitrogen and oxygen atoms in total. The van der Waals surface area contributed by atoms with E-state index in [0.717, 1.165) is 45.4 Å². The second-order valence-electron chi connectivity index (χ2n) is 6.39. The van der Waals surface area contributed by atoms with Crippen molar-refractivity contribution >= 4 is 5.97 Å². The number of hydrogen-bond donors (Lipinski definition) is 1. The number of ether oxygens (including phenoxy) is 1. The van der Waals surface area contributed by atoms with Crippen LogP contribution >= 0.6 is 0 Å². The first kappa shape index (κ1) is 15.7. The van der Waals surface area contributed by atoms with Crippen LogP contribution in [0.25, 0.3) is 0 Å². The molecule has 20 heavy (non-hydrogen) atoms. The van der Waals surface area contributed by atoms with Gasteiger partial charge >= 0.3 is 5.97 Å². The van der Waals surface area contributed by atoms with E-state index in [1.54, 1.807) is 0 Å². The maximum absolute atomic E-state index is 12.0. The summed E-state index contributed by atoms with van der Waals surface area (Å²) in [6.07, 6.45) is 2.83. The minimum absolute atomic E-state index is 0.108. The van der Waals surface area contributed by atoms with Gasteiger partial charge in [-0.2, -0.15) is 0 Å². The van der Waals surface area contributed by atoms with Crippen molar-refractivity contribution in [3.05, 3.63) is 0 Å². The molecule has 0 bridgehead atoms. The molecule has 1 aliphatic heterocycles. The largest absolute Gasteiger partial charge is 0.468 e. The predicted molar refractivity (Wildman–Crippen MR) is 79.7 cm³/mol. The summed E-state index contributed by atoms with van der Waals surface area (Å²) in [5, 5.41) is 3.21. The van der Waals surface area contributed by atoms with Crippen molar-refractivity contribution in [2.75, 3.05) is 40.3 Å². The molecule has 0 aromatic carbocycles. The van der Waals surface area contributed by atoms with Crippen LogP contribution in [-0.4, -0.2) is 73.7 Å². The molecule has 2 atom stereocenters. The van der Waals surface area contributed by atoms with Gasteiger partial charge in [-0.15, -0.1) is 0 Å². The van der Waals surface area contributed by atoms with Gasteiger partial charge in [0.2, 0.25) is 0 Å². The summed E-state index contributed by atoms with van der Waals surface area (Å²) in [5.41, 5.74) is -0.464. The van der Waals surface area contributed by atoms with Gasteiger partial charge in [-0.3, -0.25) is 14.6 Å². The third kappa shape index (κ3) is 3.00. The third-order valence-corrected chi connectivity index (χ3v) is 5.14. The van der Waals surface area contributed by atoms with Crippen molar-refractivity contribution in [3.8, 4) is 0 Å². The first-order valence-electron chi connectivity index (χ1n) is 7.78. The fourth-order valence-corrected chi connectivity index (χ4v) is 3.66. The van der Waals surface area contributed by atoms with Crippen molar-refractivity contribution in [1.29, 1.82) is 0 Å². The Bertz CT molecular complexity index is 340. The molecule has 2 unspecified atom stereocenters. The molecule has 116 valence electrons. The van der Waals surface area contributed by atoms with E-state index in [4.69, 9.17) is 4.74 Å². The normalized spacial score (nSPS) is 32.8. The van der Waals surface area contributed by atoms with Gasteiger partial charge in [0.25, 0.3) is 0 Å². The zero-order chi connectivity index (χ0) is 14.8. The molecule has 1 saturated carbocycles. The maximum Gasteiger partial charge on any atom is 0.326 e. The van der Waals surface area contributed by atoms with E-state index in [2.05, 4.69) is 29.0 Å². The lowest BCUT2D eigenvalue weighted by atomic mass is 9.97. The summed E-state index contributed by atoms with van der Waals surface area (Å²) in [7, 11) is 3.35. The number of carbonyl (C=O) groups excluding carboxylic acids is 1. The van der Waals surface area contributed by atoms with Gasteiger partial charge < -0.3 is 10.1 Å². The Morgan fingerprint density at radius 1 is 1.30 bits per heavy atom. The summed E-state index contributed by atoms with van der Waals surface area (Å²) in [6.45, 7) is 9.02. The second-order valence-corrected chi connectivity index (χ2v) is 6.39. The van der Waals surface area contributed by atoms with E-state index in [-0.39, 0.29) is 5.97 Å². The Morgan fingerprint density at radius 2 is 1.95 bits per heavy atom. The van der Waals surface area contributed by atoms with Crippen LogP contribution in [0.3, 0.4) is 0 Å². The number of methoxy groups -OCH3 is 1. The topological polar surface area (TPSA) is 44.8 Å². The average Bonchev–Trinajstić information content (AvgIpc) is 2.92. The molecular formula is C15H29N3O2. The van der Waals surface area contributed by atoms with Crippen LogP contribution in [0.1, 0.15) is 33.1 Å². The summed E-state index contributed by atoms with van der Waals surface area (Å²) >= 11 is 0. The Labute approximate surface area is 122 Å². The van der Waals surface area contributed by atoms with Gasteiger partial charge in [-0.05, 0) is 40.2 Å². The molecule has 0 aromatic heterocycles. The smallest absolute Gasteiger partial charge is 0.326 e. The van der Waals surface area contributed by atoms with Crippen LogP contribution in [0.5, 0.6) is 0 Å². The SMILES string of the molecule is CNC1(C(=O)OC)CCC(N2CCN(C(C)C)CC2)C1. The molecule has 1 saturated heterocycles. The number of esters is 1. The van der Waals surface area contributed by atoms with Gasteiger partial charge in [0, 0.05) is 38.3 Å². The molecule has 1 N–H and O–H groups in total. The minimum atomic E-state index is -0.464. The number of nitrogens with zero attached hydrogens (tertiary/aromatic N) is 2. The zero-order valence-electron chi connectivity index (χ0n) is 13.3. The molecule has 0 radical (unpaired) electrons. The van der Waals surface area contributed by atoms with E-state index in [1.165, 1.54) is 7.11 Å². The maximum atomic E-state index is 12.0. The van der Waals surface area contributed by atoms with Crippen LogP contribution in [-0.2, 0) is 9.53 Å². The fraction of sp³-hybridized carbons (Fsp3) is 0.933. The molecule has 0 spiro atoms. The van der Waals surface area contributed by atoms with E-state index in [0.29, 0.717) is 12.1 Å². The Hall–Kier alpha value is -0.650. The number of piperazine rings is 1. The highest BCUT2D eigenvalue weighted by Crippen LogP contribution is 2.34. The zero-order valence-corrected chi connectivity index (χ0v) is 13.3. The third-order valence-electron chi connectivity index (χ3n) is 5.14. The molecular weight excluding hydrogens is 254 g/mol. The van der Waals surface area contributed by atoms with Crippen molar-refractivity contribution < 1.29 is 9.53 Å². The highest BCUT2D eigenvalue weighted by atomic mass is 16.5. The van der Waals surface area contributed by atoms with Crippen molar-refractivity contribution in [2.45, 2.75) is 50.7 Å². The Kier molecular flexibility index (Phi) is 5.04. The highest BCUT2D eigenvalue weighted by Gasteiger charge is 2.46. The average molecular weight is 283 g/mol. The molecule has 5 heteroatoms. The molecule has 0 aromatic rings. The van der Waals surface area contributed by atoms with Crippen LogP contribution in [0.4, 0.5) is 0 Å². The van der Waals surface area contributed by atoms with Gasteiger partial charge in [-0.1, -0.05) is 0 Å². The lowest BCUT2D eigenvalue weighted by molar-refractivity contribution is -0.148. The lowest BCUT2D eigenvalue weighted by Crippen LogP contribution is -2.54. The van der Waals surface area contributed by atoms with Crippen LogP contribution in [0.15, 0.2) is 0 Å². The number of nitrogens with one attached hydrogen (secondary N) is 1. The van der Waals surface area contributed by atoms with Crippen LogP contribution < -0.4 is 5.32 Å². The van der Waals surface area contributed by atoms with Crippen LogP contribution in [0, 0.1) is 0 Å². The van der Waals surface area contributed by atoms with Gasteiger partial charge in [0.1, 0.15) is 5.54 Å². The van der Waals surface area contributed by atoms with Crippen molar-refractivity contribution in [1.82, 2.24) is 15.1 Å². The van der Waals surface area contributed by atoms with E-state index in [1.807, 2.05) is 7.05 Å². The molecule has 2 fully saturated rings. The van der Waals surface area contributed by atoms with Crippen molar-refractivity contribution in [3.63, 3.8) is 0 Å². The molecule has 0 amide bonds. The fourth-order valence-electron chi connectivity index (χ4n) is 3.66. The standard InChI is InChI=1S/C15H29N3O2/c1-12(2)17-7-9-18(10-8-17)13-5-6-15(11-13,16-3)14(19)20-4/h12-13,16H,5-11H2,1-4H3. The molecule has 2 aliphatic rings. The van der Waals surface area contributed by atoms with Gasteiger partial charge in [0.15, 0.2) is 0 Å². The minimum Gasteiger partial charge on any atom is -0.468 e. The quantitative estimate of drug-likeness (QED) is 0.769. The van der Waals surface area contributed by atoms with Crippen molar-refractivity contribution in [2.24, 2.45) is 0 Å². The number of rotatable bonds is 4. The summed E-state index contributed by atoms with van der Waals surface area (Å²) in [6, 6.07) is 1.14. The molecule has 2 rings (SSSR count). The predicted octanol–water partition coefficient (Wildman–Crippen LogP) is 0.696. The Morgan fingerprint density at radius 3 is 2.45 bits per heavy atom. The number of likely N-dealkylation sites (N-methyl/N-ethyl adjacent to an activating group) is 1. The van der Waals surface area contributed by atoms with Gasteiger partial charge in [0.05, 0.1) is 7.11 Å². The van der Waals surface area contributed by atoms with E-state index in [9.17, 15) is 4.79 Å². The highest BCUT2D eigenvalue weighted by molar-refractivity contribution is 5.81. The summed E-state index contributed by atoms with van der Waals surface area (Å²) in [4.78, 5) is 17.1. The molecule has 1 heterocycles. The number of carbonyl (C=O) groups is 1. The lowest BCUT2D eigenvalue weighted by Gasteiger charge is -2.40. The monoisotopic (exact) mass is 283 g/mol. The van der Waals surface area contributed by atoms with Crippen LogP contribution in [0.2, 0.25) is 0 Å². The van der Waals surface area contributed by atoms with E-state index < -0.39 is 5.54 Å². The number of hydrogen-bond acceptors (Lipinski definition) is 5. The van der Waals surface area contributed by atoms with Gasteiger partial charge in [-0.25, -0.2) is 0 Å². The first-order valence-corrected chi connectivity index (χ1v) is 7.78.